The van der Waals surface area contributed by atoms with Gasteiger partial charge in [0.1, 0.15) is 0 Å². The summed E-state index contributed by atoms with van der Waals surface area (Å²) < 4.78 is 189. The number of ether oxygens (including phenoxy) is 1. The number of halogens is 15. The van der Waals surface area contributed by atoms with E-state index in [9.17, 15) is 89.8 Å². The summed E-state index contributed by atoms with van der Waals surface area (Å²) in [6.45, 7) is -4.95. The van der Waals surface area contributed by atoms with Gasteiger partial charge >= 0.3 is 60.4 Å². The number of aliphatic hydroxyl groups is 3. The van der Waals surface area contributed by atoms with E-state index in [4.69, 9.17) is 15.3 Å². The van der Waals surface area contributed by atoms with Crippen LogP contribution in [0.15, 0.2) is 0 Å². The van der Waals surface area contributed by atoms with Gasteiger partial charge in [-0.2, -0.15) is 65.9 Å². The van der Waals surface area contributed by atoms with Crippen molar-refractivity contribution in [2.75, 3.05) is 85.9 Å². The number of hydrogen-bond donors (Lipinski definition) is 5. The first-order valence-electron chi connectivity index (χ1n) is 16.5. The highest BCUT2D eigenvalue weighted by Gasteiger charge is 2.45. The minimum absolute atomic E-state index is 0.100. The lowest BCUT2D eigenvalue weighted by atomic mass is 10.2. The maximum atomic E-state index is 12.7. The van der Waals surface area contributed by atoms with E-state index in [1.54, 1.807) is 7.11 Å². The number of methoxy groups -OCH3 is 1. The fourth-order valence-electron chi connectivity index (χ4n) is 3.81. The molecule has 0 spiro atoms. The van der Waals surface area contributed by atoms with Crippen molar-refractivity contribution in [3.63, 3.8) is 0 Å². The van der Waals surface area contributed by atoms with Crippen LogP contribution in [0.5, 0.6) is 0 Å². The molecule has 0 aromatic rings. The van der Waals surface area contributed by atoms with Gasteiger partial charge in [-0.05, 0) is 38.5 Å². The first-order valence-corrected chi connectivity index (χ1v) is 16.5. The molecule has 0 rings (SSSR count). The van der Waals surface area contributed by atoms with E-state index in [-0.39, 0.29) is 42.2 Å². The van der Waals surface area contributed by atoms with Crippen LogP contribution in [0.3, 0.4) is 0 Å². The molecule has 0 saturated heterocycles. The Bertz CT molecular complexity index is 1200. The summed E-state index contributed by atoms with van der Waals surface area (Å²) in [4.78, 5) is 55.6. The van der Waals surface area contributed by atoms with Crippen LogP contribution >= 0.6 is 0 Å². The monoisotopic (exact) mass is 891 g/mol. The number of nitrogens with one attached hydrogen (secondary N) is 2. The van der Waals surface area contributed by atoms with Gasteiger partial charge in [0.2, 0.25) is 0 Å². The molecular formula is C29H44F15N5O9. The second-order valence-electron chi connectivity index (χ2n) is 11.2. The number of amides is 5. The van der Waals surface area contributed by atoms with Gasteiger partial charge in [0.15, 0.2) is 0 Å². The van der Waals surface area contributed by atoms with Crippen molar-refractivity contribution in [3.8, 4) is 0 Å². The van der Waals surface area contributed by atoms with Crippen molar-refractivity contribution in [1.29, 1.82) is 0 Å². The molecule has 5 amide bonds. The molecule has 0 aliphatic rings. The van der Waals surface area contributed by atoms with Crippen LogP contribution < -0.4 is 10.6 Å². The van der Waals surface area contributed by atoms with Gasteiger partial charge in [-0.3, -0.25) is 24.0 Å². The zero-order valence-electron chi connectivity index (χ0n) is 30.5. The van der Waals surface area contributed by atoms with Crippen LogP contribution in [-0.2, 0) is 28.7 Å². The first-order chi connectivity index (χ1) is 26.4. The average molecular weight is 892 g/mol. The van der Waals surface area contributed by atoms with Crippen molar-refractivity contribution >= 4 is 29.5 Å². The number of hydrogen-bond acceptors (Lipinski definition) is 9. The molecule has 0 aliphatic heterocycles. The minimum atomic E-state index is -5.35. The van der Waals surface area contributed by atoms with Crippen molar-refractivity contribution in [3.05, 3.63) is 0 Å². The molecule has 0 radical (unpaired) electrons. The van der Waals surface area contributed by atoms with Crippen LogP contribution in [0.1, 0.15) is 38.5 Å². The van der Waals surface area contributed by atoms with E-state index in [0.29, 0.717) is 11.5 Å². The van der Waals surface area contributed by atoms with E-state index in [1.807, 2.05) is 0 Å². The Kier molecular flexibility index (Phi) is 28.8. The Hall–Kier alpha value is -3.86. The molecule has 29 heteroatoms. The highest BCUT2D eigenvalue weighted by Crippen LogP contribution is 2.22. The van der Waals surface area contributed by atoms with E-state index in [0.717, 1.165) is 6.42 Å². The Morgan fingerprint density at radius 3 is 0.897 bits per heavy atom. The van der Waals surface area contributed by atoms with Crippen molar-refractivity contribution in [2.24, 2.45) is 0 Å². The van der Waals surface area contributed by atoms with Gasteiger partial charge in [-0.25, -0.2) is 0 Å². The molecule has 0 aromatic heterocycles. The summed E-state index contributed by atoms with van der Waals surface area (Å²) in [7, 11) is 1.62. The molecule has 0 bridgehead atoms. The van der Waals surface area contributed by atoms with Gasteiger partial charge in [-0.15, -0.1) is 0 Å². The number of nitrogens with zero attached hydrogens (tertiary/aromatic N) is 3. The zero-order valence-corrected chi connectivity index (χ0v) is 30.5. The molecular weight excluding hydrogens is 847 g/mol. The summed E-state index contributed by atoms with van der Waals surface area (Å²) in [5.41, 5.74) is 0. The molecule has 5 N–H and O–H groups in total. The quantitative estimate of drug-likeness (QED) is 0.0853. The summed E-state index contributed by atoms with van der Waals surface area (Å²) in [5.74, 6) is -11.3. The summed E-state index contributed by atoms with van der Waals surface area (Å²) in [6, 6.07) is 0. The van der Waals surface area contributed by atoms with Gasteiger partial charge in [0, 0.05) is 85.9 Å². The third-order valence-electron chi connectivity index (χ3n) is 6.42. The minimum Gasteiger partial charge on any atom is -0.396 e. The average Bonchev–Trinajstić information content (AvgIpc) is 3.10. The largest absolute Gasteiger partial charge is 0.471 e. The Morgan fingerprint density at radius 2 is 0.690 bits per heavy atom. The Morgan fingerprint density at radius 1 is 0.431 bits per heavy atom. The lowest BCUT2D eigenvalue weighted by Crippen LogP contribution is -2.46. The third-order valence-corrected chi connectivity index (χ3v) is 6.42. The molecule has 0 heterocycles. The highest BCUT2D eigenvalue weighted by atomic mass is 19.4. The Balaban J connectivity index is -0.000000961. The molecule has 0 fully saturated rings. The first kappa shape index (κ1) is 58.5. The number of carbonyl (C=O) groups is 5. The lowest BCUT2D eigenvalue weighted by Gasteiger charge is -2.27. The lowest BCUT2D eigenvalue weighted by molar-refractivity contribution is -0.187. The predicted molar refractivity (Wildman–Crippen MR) is 167 cm³/mol. The summed E-state index contributed by atoms with van der Waals surface area (Å²) in [6.07, 6.45) is -26.9. The second-order valence-corrected chi connectivity index (χ2v) is 11.2. The standard InChI is InChI=1S/C15H20F9N3O4.C10H14F6N2O3.C4H10O2/c16-13(17,18)10(29)25-4-1-5-26(11(30)14(19,20)21)6-2-7-27(8-3-9-28)12(31)15(22,23)24;11-9(12,13)7(20)17-3-1-4-18(5-2-6-19)8(21)10(14,15)16;1-6-4-2-3-5/h28H,1-9H2,(H,25,29);19H,1-6H2,(H,17,20);5H,2-4H2,1H3. The van der Waals surface area contributed by atoms with Gasteiger partial charge in [-0.1, -0.05) is 0 Å². The van der Waals surface area contributed by atoms with E-state index in [2.05, 4.69) is 4.74 Å². The predicted octanol–water partition coefficient (Wildman–Crippen LogP) is 2.45. The van der Waals surface area contributed by atoms with Crippen LogP contribution in [0.2, 0.25) is 0 Å². The maximum absolute atomic E-state index is 12.7. The number of rotatable bonds is 21. The van der Waals surface area contributed by atoms with Gasteiger partial charge < -0.3 is 45.4 Å². The molecule has 0 unspecified atom stereocenters. The number of alkyl halides is 15. The number of carbonyl (C=O) groups excluding carboxylic acids is 5. The number of aliphatic hydroxyl groups excluding tert-OH is 3. The molecule has 0 aliphatic carbocycles. The SMILES string of the molecule is COCCCO.O=C(NCCCN(CCCN(CCCO)C(=O)C(F)(F)F)C(=O)C(F)(F)F)C(F)(F)F.O=C(NCCCN(CCCO)C(=O)C(F)(F)F)C(F)(F)F. The van der Waals surface area contributed by atoms with Gasteiger partial charge in [0.25, 0.3) is 0 Å². The van der Waals surface area contributed by atoms with Crippen LogP contribution in [0.25, 0.3) is 0 Å². The topological polar surface area (TPSA) is 189 Å². The summed E-state index contributed by atoms with van der Waals surface area (Å²) >= 11 is 0. The molecule has 344 valence electrons. The smallest absolute Gasteiger partial charge is 0.396 e. The highest BCUT2D eigenvalue weighted by molar-refractivity contribution is 5.83. The van der Waals surface area contributed by atoms with Gasteiger partial charge in [0.05, 0.1) is 0 Å². The van der Waals surface area contributed by atoms with Crippen molar-refractivity contribution < 1.29 is 110 Å². The normalized spacial score (nSPS) is 12.0. The van der Waals surface area contributed by atoms with Crippen molar-refractivity contribution in [1.82, 2.24) is 25.3 Å². The Labute approximate surface area is 320 Å². The van der Waals surface area contributed by atoms with Crippen LogP contribution in [0, 0.1) is 0 Å². The van der Waals surface area contributed by atoms with E-state index < -0.39 is 132 Å². The van der Waals surface area contributed by atoms with E-state index >= 15 is 0 Å². The fourth-order valence-corrected chi connectivity index (χ4v) is 3.81. The second kappa shape index (κ2) is 28.5. The summed E-state index contributed by atoms with van der Waals surface area (Å²) in [5, 5.41) is 28.2. The molecule has 0 saturated carbocycles. The maximum Gasteiger partial charge on any atom is 0.471 e. The fraction of sp³-hybridized carbons (Fsp3) is 0.828. The molecule has 14 nitrogen and oxygen atoms in total. The molecule has 58 heavy (non-hydrogen) atoms. The molecule has 0 atom stereocenters. The van der Waals surface area contributed by atoms with Crippen LogP contribution in [-0.4, -0.2) is 176 Å². The zero-order chi connectivity index (χ0) is 46.0. The van der Waals surface area contributed by atoms with Crippen molar-refractivity contribution in [2.45, 2.75) is 69.4 Å². The third kappa shape index (κ3) is 28.5. The molecule has 0 aromatic carbocycles. The van der Waals surface area contributed by atoms with Crippen LogP contribution in [0.4, 0.5) is 65.9 Å². The van der Waals surface area contributed by atoms with E-state index in [1.165, 1.54) is 10.6 Å².